The number of imidazole rings is 1. The molecule has 2 aliphatic rings. The fraction of sp³-hybridized carbons (Fsp3) is 0.552. The van der Waals surface area contributed by atoms with E-state index in [-0.39, 0.29) is 12.1 Å². The van der Waals surface area contributed by atoms with Crippen LogP contribution in [0.2, 0.25) is 5.02 Å². The normalized spacial score (nSPS) is 23.5. The summed E-state index contributed by atoms with van der Waals surface area (Å²) >= 11 is 6.38. The van der Waals surface area contributed by atoms with Crippen molar-refractivity contribution in [3.63, 3.8) is 0 Å². The minimum atomic E-state index is -0.621. The maximum absolute atomic E-state index is 11.9. The van der Waals surface area contributed by atoms with Crippen molar-refractivity contribution in [3.05, 3.63) is 40.2 Å². The zero-order valence-corrected chi connectivity index (χ0v) is 24.2. The monoisotopic (exact) mass is 565 g/mol. The van der Waals surface area contributed by atoms with E-state index in [4.69, 9.17) is 30.8 Å². The van der Waals surface area contributed by atoms with Gasteiger partial charge >= 0.3 is 5.76 Å². The van der Waals surface area contributed by atoms with Crippen molar-refractivity contribution in [3.8, 4) is 22.6 Å². The van der Waals surface area contributed by atoms with Crippen LogP contribution in [0, 0.1) is 17.8 Å². The quantitative estimate of drug-likeness (QED) is 0.309. The van der Waals surface area contributed by atoms with Gasteiger partial charge in [-0.2, -0.15) is 0 Å². The van der Waals surface area contributed by atoms with Crippen molar-refractivity contribution in [1.29, 1.82) is 0 Å². The largest absolute Gasteiger partial charge is 0.439 e. The minimum Gasteiger partial charge on any atom is -0.380 e. The Morgan fingerprint density at radius 1 is 1.20 bits per heavy atom. The Hall–Kier alpha value is -3.24. The first kappa shape index (κ1) is 27.0. The molecule has 0 aromatic carbocycles. The second-order valence-electron chi connectivity index (χ2n) is 11.8. The van der Waals surface area contributed by atoms with Crippen molar-refractivity contribution >= 4 is 28.6 Å². The van der Waals surface area contributed by atoms with Crippen molar-refractivity contribution < 1.29 is 9.26 Å². The Morgan fingerprint density at radius 2 is 2.00 bits per heavy atom. The lowest BCUT2D eigenvalue weighted by molar-refractivity contribution is 0.116. The molecule has 40 heavy (non-hydrogen) atoms. The highest BCUT2D eigenvalue weighted by atomic mass is 35.5. The lowest BCUT2D eigenvalue weighted by Crippen LogP contribution is -2.36. The van der Waals surface area contributed by atoms with Gasteiger partial charge in [0.25, 0.3) is 0 Å². The molecule has 10 nitrogen and oxygen atoms in total. The third-order valence-electron chi connectivity index (χ3n) is 8.66. The molecule has 1 saturated carbocycles. The molecule has 2 atom stereocenters. The number of anilines is 1. The molecule has 0 spiro atoms. The number of hydrogen-bond acceptors (Lipinski definition) is 8. The van der Waals surface area contributed by atoms with Crippen LogP contribution >= 0.6 is 11.6 Å². The topological polar surface area (TPSA) is 115 Å². The maximum Gasteiger partial charge on any atom is 0.439 e. The number of halogens is 1. The first-order chi connectivity index (χ1) is 19.3. The van der Waals surface area contributed by atoms with Gasteiger partial charge in [0, 0.05) is 50.4 Å². The number of hydrogen-bond donors (Lipinski definition) is 1. The molecule has 1 saturated heterocycles. The molecule has 0 radical (unpaired) electrons. The summed E-state index contributed by atoms with van der Waals surface area (Å²) in [5.74, 6) is 2.26. The van der Waals surface area contributed by atoms with Gasteiger partial charge < -0.3 is 14.2 Å². The molecule has 6 rings (SSSR count). The molecule has 1 N–H and O–H groups in total. The van der Waals surface area contributed by atoms with Gasteiger partial charge in [0.1, 0.15) is 5.52 Å². The van der Waals surface area contributed by atoms with Crippen molar-refractivity contribution in [2.24, 2.45) is 17.8 Å². The van der Waals surface area contributed by atoms with Crippen molar-refractivity contribution in [2.75, 3.05) is 18.6 Å². The van der Waals surface area contributed by atoms with E-state index in [9.17, 15) is 4.79 Å². The summed E-state index contributed by atoms with van der Waals surface area (Å²) in [6.07, 6.45) is 10.9. The molecule has 0 amide bonds. The number of nitrogens with zero attached hydrogens (tertiary/aromatic N) is 6. The summed E-state index contributed by atoms with van der Waals surface area (Å²) in [4.78, 5) is 31.5. The molecule has 4 aromatic heterocycles. The van der Waals surface area contributed by atoms with E-state index in [1.807, 2.05) is 6.07 Å². The summed E-state index contributed by atoms with van der Waals surface area (Å²) in [6, 6.07) is 2.15. The number of methoxy groups -OCH3 is 1. The van der Waals surface area contributed by atoms with Crippen molar-refractivity contribution in [1.82, 2.24) is 29.7 Å². The molecule has 1 aliphatic carbocycles. The average Bonchev–Trinajstić information content (AvgIpc) is 3.66. The lowest BCUT2D eigenvalue weighted by atomic mass is 9.83. The van der Waals surface area contributed by atoms with Gasteiger partial charge in [0.05, 0.1) is 27.9 Å². The summed E-state index contributed by atoms with van der Waals surface area (Å²) in [6.45, 7) is 8.42. The van der Waals surface area contributed by atoms with Gasteiger partial charge in [-0.3, -0.25) is 19.5 Å². The number of nitrogens with one attached hydrogen (secondary N) is 1. The second kappa shape index (κ2) is 11.0. The number of aromatic amines is 1. The van der Waals surface area contributed by atoms with Crippen LogP contribution in [-0.4, -0.2) is 55.5 Å². The third-order valence-corrected chi connectivity index (χ3v) is 8.87. The Balaban J connectivity index is 1.61. The molecule has 2 fully saturated rings. The fourth-order valence-corrected chi connectivity index (χ4v) is 6.59. The Kier molecular flexibility index (Phi) is 7.39. The number of ether oxygens (including phenoxy) is 1. The Morgan fingerprint density at radius 3 is 2.67 bits per heavy atom. The third kappa shape index (κ3) is 5.03. The predicted octanol–water partition coefficient (Wildman–Crippen LogP) is 5.57. The van der Waals surface area contributed by atoms with E-state index in [1.165, 1.54) is 25.7 Å². The summed E-state index contributed by atoms with van der Waals surface area (Å²) in [7, 11) is 1.78. The van der Waals surface area contributed by atoms with Gasteiger partial charge in [-0.1, -0.05) is 50.4 Å². The average molecular weight is 566 g/mol. The van der Waals surface area contributed by atoms with Gasteiger partial charge in [-0.25, -0.2) is 9.78 Å². The van der Waals surface area contributed by atoms with Crippen LogP contribution in [0.3, 0.4) is 0 Å². The molecule has 4 aromatic rings. The standard InChI is InChI=1S/C29H36ClN7O3/c1-16(2)23-10-21(39-4)15-36(23)28-33-25-22(27-34-29(38)40-35-27)13-32-24(19-9-20(30)12-31-11-19)26(25)37(28)14-18-7-5-17(3)6-8-18/h9,11-13,16-18,21,23H,5-8,10,14-15H2,1-4H3,(H,34,35,38)/t17-,18-,21-,23+/m1/s1. The van der Waals surface area contributed by atoms with Crippen LogP contribution < -0.4 is 10.7 Å². The first-order valence-corrected chi connectivity index (χ1v) is 14.6. The van der Waals surface area contributed by atoms with Crippen LogP contribution in [0.4, 0.5) is 5.95 Å². The van der Waals surface area contributed by atoms with Crippen molar-refractivity contribution in [2.45, 2.75) is 71.6 Å². The van der Waals surface area contributed by atoms with Crippen LogP contribution in [0.1, 0.15) is 52.9 Å². The molecular weight excluding hydrogens is 530 g/mol. The number of H-pyrrole nitrogens is 1. The number of pyridine rings is 2. The van der Waals surface area contributed by atoms with E-state index in [0.717, 1.165) is 48.2 Å². The smallest absolute Gasteiger partial charge is 0.380 e. The van der Waals surface area contributed by atoms with E-state index in [2.05, 4.69) is 45.4 Å². The SMILES string of the molecule is CO[C@@H]1C[C@@H](C(C)C)N(c2nc3c(-c4noc(=O)[nH]4)cnc(-c4cncc(Cl)c4)c3n2C[C@H]2CC[C@H](C)CC2)C1. The molecular formula is C29H36ClN7O3. The van der Waals surface area contributed by atoms with E-state index >= 15 is 0 Å². The number of fused-ring (bicyclic) bond motifs is 1. The van der Waals surface area contributed by atoms with Crippen LogP contribution in [0.5, 0.6) is 0 Å². The van der Waals surface area contributed by atoms with Crippen LogP contribution in [0.15, 0.2) is 34.0 Å². The highest BCUT2D eigenvalue weighted by molar-refractivity contribution is 6.30. The summed E-state index contributed by atoms with van der Waals surface area (Å²) in [5.41, 5.74) is 3.74. The van der Waals surface area contributed by atoms with Crippen LogP contribution in [-0.2, 0) is 11.3 Å². The highest BCUT2D eigenvalue weighted by Crippen LogP contribution is 2.40. The van der Waals surface area contributed by atoms with Gasteiger partial charge in [-0.05, 0) is 43.1 Å². The first-order valence-electron chi connectivity index (χ1n) is 14.2. The second-order valence-corrected chi connectivity index (χ2v) is 12.2. The fourth-order valence-electron chi connectivity index (χ4n) is 6.41. The van der Waals surface area contributed by atoms with E-state index in [0.29, 0.717) is 33.8 Å². The zero-order valence-electron chi connectivity index (χ0n) is 23.4. The highest BCUT2D eigenvalue weighted by Gasteiger charge is 2.38. The minimum absolute atomic E-state index is 0.122. The molecule has 212 valence electrons. The number of rotatable bonds is 7. The molecule has 0 bridgehead atoms. The van der Waals surface area contributed by atoms with Gasteiger partial charge in [-0.15, -0.1) is 0 Å². The maximum atomic E-state index is 11.9. The molecule has 0 unspecified atom stereocenters. The molecule has 1 aliphatic heterocycles. The molecule has 5 heterocycles. The van der Waals surface area contributed by atoms with Gasteiger partial charge in [0.2, 0.25) is 5.95 Å². The Labute approximate surface area is 238 Å². The number of aromatic nitrogens is 6. The van der Waals surface area contributed by atoms with E-state index in [1.54, 1.807) is 25.7 Å². The zero-order chi connectivity index (χ0) is 28.0. The lowest BCUT2D eigenvalue weighted by Gasteiger charge is -2.31. The Bertz CT molecular complexity index is 1550. The predicted molar refractivity (Wildman–Crippen MR) is 154 cm³/mol. The summed E-state index contributed by atoms with van der Waals surface area (Å²) < 4.78 is 13.1. The molecule has 11 heteroatoms. The van der Waals surface area contributed by atoms with E-state index < -0.39 is 5.76 Å². The van der Waals surface area contributed by atoms with Gasteiger partial charge in [0.15, 0.2) is 5.82 Å². The summed E-state index contributed by atoms with van der Waals surface area (Å²) in [5, 5.41) is 4.52. The van der Waals surface area contributed by atoms with Crippen LogP contribution in [0.25, 0.3) is 33.7 Å².